The summed E-state index contributed by atoms with van der Waals surface area (Å²) >= 11 is 0. The zero-order valence-electron chi connectivity index (χ0n) is 11.0. The molecule has 0 spiro atoms. The van der Waals surface area contributed by atoms with Gasteiger partial charge in [-0.05, 0) is 20.3 Å². The van der Waals surface area contributed by atoms with Crippen molar-refractivity contribution in [1.29, 1.82) is 0 Å². The molecule has 0 aliphatic rings. The van der Waals surface area contributed by atoms with Crippen LogP contribution in [0.15, 0.2) is 12.8 Å². The van der Waals surface area contributed by atoms with Crippen molar-refractivity contribution in [3.63, 3.8) is 0 Å². The van der Waals surface area contributed by atoms with Crippen LogP contribution >= 0.6 is 0 Å². The maximum absolute atomic E-state index is 14.1. The van der Waals surface area contributed by atoms with E-state index in [2.05, 4.69) is 6.58 Å². The molecule has 0 heterocycles. The van der Waals surface area contributed by atoms with Crippen LogP contribution in [0.3, 0.4) is 0 Å². The Bertz CT molecular complexity index is 291. The molecule has 0 aromatic rings. The van der Waals surface area contributed by atoms with Gasteiger partial charge < -0.3 is 4.74 Å². The van der Waals surface area contributed by atoms with Gasteiger partial charge in [0.1, 0.15) is 5.41 Å². The van der Waals surface area contributed by atoms with E-state index in [4.69, 9.17) is 4.74 Å². The van der Waals surface area contributed by atoms with Crippen molar-refractivity contribution in [3.8, 4) is 0 Å². The van der Waals surface area contributed by atoms with Crippen molar-refractivity contribution in [2.45, 2.75) is 46.2 Å². The summed E-state index contributed by atoms with van der Waals surface area (Å²) in [4.78, 5) is 0. The van der Waals surface area contributed by atoms with Crippen LogP contribution in [-0.4, -0.2) is 18.7 Å². The van der Waals surface area contributed by atoms with Gasteiger partial charge in [0, 0.05) is 5.41 Å². The molecule has 0 aliphatic heterocycles. The van der Waals surface area contributed by atoms with Gasteiger partial charge in [-0.2, -0.15) is 13.2 Å². The Labute approximate surface area is 104 Å². The fourth-order valence-corrected chi connectivity index (χ4v) is 1.58. The number of alkyl halides is 5. The van der Waals surface area contributed by atoms with Crippen LogP contribution in [-0.2, 0) is 4.74 Å². The quantitative estimate of drug-likeness (QED) is 0.384. The van der Waals surface area contributed by atoms with Crippen LogP contribution in [0.5, 0.6) is 0 Å². The third-order valence-corrected chi connectivity index (χ3v) is 3.31. The van der Waals surface area contributed by atoms with Gasteiger partial charge in [-0.1, -0.05) is 20.4 Å². The van der Waals surface area contributed by atoms with Gasteiger partial charge in [0.15, 0.2) is 0 Å². The van der Waals surface area contributed by atoms with E-state index in [-0.39, 0.29) is 13.0 Å². The zero-order valence-corrected chi connectivity index (χ0v) is 11.0. The molecule has 0 amide bonds. The molecule has 0 radical (unpaired) electrons. The van der Waals surface area contributed by atoms with Gasteiger partial charge in [-0.15, -0.1) is 0 Å². The minimum atomic E-state index is -4.98. The summed E-state index contributed by atoms with van der Waals surface area (Å²) in [6.45, 7) is 6.39. The molecule has 108 valence electrons. The fraction of sp³-hybridized carbons (Fsp3) is 0.833. The Morgan fingerprint density at radius 3 is 1.78 bits per heavy atom. The number of rotatable bonds is 6. The van der Waals surface area contributed by atoms with Crippen LogP contribution in [0.1, 0.15) is 34.1 Å². The molecule has 0 aromatic carbocycles. The lowest BCUT2D eigenvalue weighted by atomic mass is 9.69. The molecule has 0 rings (SSSR count). The van der Waals surface area contributed by atoms with Gasteiger partial charge in [0.25, 0.3) is 5.92 Å². The van der Waals surface area contributed by atoms with Gasteiger partial charge in [-0.25, -0.2) is 8.78 Å². The normalized spacial score (nSPS) is 14.5. The minimum absolute atomic E-state index is 0.0972. The average molecular weight is 274 g/mol. The van der Waals surface area contributed by atoms with Gasteiger partial charge >= 0.3 is 6.18 Å². The lowest BCUT2D eigenvalue weighted by Crippen LogP contribution is -2.55. The maximum Gasteiger partial charge on any atom is 0.399 e. The first-order valence-electron chi connectivity index (χ1n) is 5.48. The Balaban J connectivity index is 5.16. The molecular weight excluding hydrogens is 255 g/mol. The highest BCUT2D eigenvalue weighted by molar-refractivity contribution is 4.99. The van der Waals surface area contributed by atoms with E-state index >= 15 is 0 Å². The number of halogens is 5. The topological polar surface area (TPSA) is 9.23 Å². The Morgan fingerprint density at radius 2 is 1.44 bits per heavy atom. The second kappa shape index (κ2) is 5.05. The molecule has 0 saturated heterocycles. The van der Waals surface area contributed by atoms with Crippen LogP contribution in [0.4, 0.5) is 22.0 Å². The van der Waals surface area contributed by atoms with E-state index in [9.17, 15) is 22.0 Å². The highest BCUT2D eigenvalue weighted by Gasteiger charge is 2.68. The summed E-state index contributed by atoms with van der Waals surface area (Å²) in [7, 11) is 0. The smallest absolute Gasteiger partial charge is 0.399 e. The molecule has 18 heavy (non-hydrogen) atoms. The maximum atomic E-state index is 14.1. The largest absolute Gasteiger partial charge is 0.502 e. The van der Waals surface area contributed by atoms with Crippen LogP contribution in [0, 0.1) is 10.8 Å². The third-order valence-electron chi connectivity index (χ3n) is 3.31. The van der Waals surface area contributed by atoms with Gasteiger partial charge in [0.05, 0.1) is 12.9 Å². The molecule has 0 atom stereocenters. The van der Waals surface area contributed by atoms with E-state index in [1.165, 1.54) is 0 Å². The Morgan fingerprint density at radius 1 is 1.00 bits per heavy atom. The standard InChI is InChI=1S/C12H19F5O/c1-6-18-8-7-9(2,3)11(13,14)10(4,5)12(15,16)17/h6H,1,7-8H2,2-5H3. The van der Waals surface area contributed by atoms with Crippen LogP contribution in [0.2, 0.25) is 0 Å². The summed E-state index contributed by atoms with van der Waals surface area (Å²) in [6.07, 6.45) is -4.11. The Kier molecular flexibility index (Phi) is 4.83. The highest BCUT2D eigenvalue weighted by Crippen LogP contribution is 2.57. The lowest BCUT2D eigenvalue weighted by Gasteiger charge is -2.44. The van der Waals surface area contributed by atoms with Gasteiger partial charge in [0.2, 0.25) is 0 Å². The highest BCUT2D eigenvalue weighted by atomic mass is 19.4. The van der Waals surface area contributed by atoms with E-state index in [0.29, 0.717) is 13.8 Å². The third kappa shape index (κ3) is 2.95. The van der Waals surface area contributed by atoms with Crippen molar-refractivity contribution < 1.29 is 26.7 Å². The Hall–Kier alpha value is -0.810. The second-order valence-corrected chi connectivity index (χ2v) is 5.37. The molecular formula is C12H19F5O. The fourth-order valence-electron chi connectivity index (χ4n) is 1.58. The van der Waals surface area contributed by atoms with E-state index in [1.807, 2.05) is 0 Å². The molecule has 1 nitrogen and oxygen atoms in total. The van der Waals surface area contributed by atoms with Crippen molar-refractivity contribution in [1.82, 2.24) is 0 Å². The number of hydrogen-bond donors (Lipinski definition) is 0. The molecule has 0 unspecified atom stereocenters. The summed E-state index contributed by atoms with van der Waals surface area (Å²) in [5.41, 5.74) is -4.94. The summed E-state index contributed by atoms with van der Waals surface area (Å²) < 4.78 is 71.1. The predicted octanol–water partition coefficient (Wildman–Crippen LogP) is 4.79. The second-order valence-electron chi connectivity index (χ2n) is 5.37. The molecule has 0 bridgehead atoms. The number of hydrogen-bond acceptors (Lipinski definition) is 1. The molecule has 0 aliphatic carbocycles. The van der Waals surface area contributed by atoms with Gasteiger partial charge in [-0.3, -0.25) is 0 Å². The lowest BCUT2D eigenvalue weighted by molar-refractivity contribution is -0.314. The predicted molar refractivity (Wildman–Crippen MR) is 59.3 cm³/mol. The monoisotopic (exact) mass is 274 g/mol. The first-order valence-corrected chi connectivity index (χ1v) is 5.48. The van der Waals surface area contributed by atoms with E-state index in [0.717, 1.165) is 20.1 Å². The van der Waals surface area contributed by atoms with Crippen molar-refractivity contribution in [2.75, 3.05) is 6.61 Å². The molecule has 6 heteroatoms. The van der Waals surface area contributed by atoms with Crippen molar-refractivity contribution in [2.24, 2.45) is 10.8 Å². The van der Waals surface area contributed by atoms with E-state index in [1.54, 1.807) is 0 Å². The SMILES string of the molecule is C=COCCC(C)(C)C(F)(F)C(C)(C)C(F)(F)F. The molecule has 0 N–H and O–H groups in total. The molecule has 0 saturated carbocycles. The van der Waals surface area contributed by atoms with Crippen molar-refractivity contribution in [3.05, 3.63) is 12.8 Å². The van der Waals surface area contributed by atoms with E-state index < -0.39 is 22.9 Å². The minimum Gasteiger partial charge on any atom is -0.502 e. The van der Waals surface area contributed by atoms with Crippen molar-refractivity contribution >= 4 is 0 Å². The summed E-state index contributed by atoms with van der Waals surface area (Å²) in [5, 5.41) is 0. The van der Waals surface area contributed by atoms with Crippen LogP contribution < -0.4 is 0 Å². The average Bonchev–Trinajstić information content (AvgIpc) is 2.15. The van der Waals surface area contributed by atoms with Crippen LogP contribution in [0.25, 0.3) is 0 Å². The first-order chi connectivity index (χ1) is 7.81. The number of ether oxygens (including phenoxy) is 1. The molecule has 0 fully saturated rings. The zero-order chi connectivity index (χ0) is 14.8. The first kappa shape index (κ1) is 17.2. The molecule has 0 aromatic heterocycles. The summed E-state index contributed by atoms with van der Waals surface area (Å²) in [6, 6.07) is 0. The summed E-state index contributed by atoms with van der Waals surface area (Å²) in [5.74, 6) is -3.91.